The molecule has 3 heterocycles. The first-order valence-corrected chi connectivity index (χ1v) is 13.3. The van der Waals surface area contributed by atoms with Gasteiger partial charge in [-0.1, -0.05) is 36.4 Å². The highest BCUT2D eigenvalue weighted by Gasteiger charge is 2.29. The lowest BCUT2D eigenvalue weighted by atomic mass is 10.0. The number of carboxylic acid groups (broad SMARTS) is 1. The summed E-state index contributed by atoms with van der Waals surface area (Å²) in [7, 11) is 0. The molecule has 0 aliphatic carbocycles. The standard InChI is InChI=1S/C29H32N6O5/c36-26(34-25(29(39)40)13-18-15-32-22-9-4-2-7-20(18)22)16-33-27(37)24(35-28(38)23-10-5-11-30-23)12-17-14-31-21-8-3-1-6-19(17)21/h1-4,6-9,14-15,23-25,30-32H,5,10-13,16H2,(H,33,37)(H,34,36)(H,35,38)(H,39,40). The first-order valence-electron chi connectivity index (χ1n) is 13.3. The smallest absolute Gasteiger partial charge is 0.326 e. The van der Waals surface area contributed by atoms with E-state index < -0.39 is 36.4 Å². The topological polar surface area (TPSA) is 168 Å². The molecule has 5 rings (SSSR count). The Bertz CT molecular complexity index is 1540. The van der Waals surface area contributed by atoms with Crippen molar-refractivity contribution in [3.05, 3.63) is 72.1 Å². The Morgan fingerprint density at radius 1 is 0.850 bits per heavy atom. The number of amides is 3. The molecule has 11 nitrogen and oxygen atoms in total. The highest BCUT2D eigenvalue weighted by atomic mass is 16.4. The highest BCUT2D eigenvalue weighted by Crippen LogP contribution is 2.20. The van der Waals surface area contributed by atoms with Crippen molar-refractivity contribution < 1.29 is 24.3 Å². The number of aromatic nitrogens is 2. The van der Waals surface area contributed by atoms with Crippen LogP contribution in [-0.2, 0) is 32.0 Å². The van der Waals surface area contributed by atoms with Crippen LogP contribution in [0.3, 0.4) is 0 Å². The number of carbonyl (C=O) groups excluding carboxylic acids is 3. The molecule has 208 valence electrons. The van der Waals surface area contributed by atoms with Gasteiger partial charge in [0.25, 0.3) is 0 Å². The first kappa shape index (κ1) is 26.9. The summed E-state index contributed by atoms with van der Waals surface area (Å²) >= 11 is 0. The van der Waals surface area contributed by atoms with E-state index in [1.54, 1.807) is 12.4 Å². The van der Waals surface area contributed by atoms with Crippen molar-refractivity contribution in [1.29, 1.82) is 0 Å². The SMILES string of the molecule is O=C(CNC(=O)C(Cc1c[nH]c2ccccc12)NC(=O)C1CCCN1)NC(Cc1c[nH]c2ccccc12)C(=O)O. The van der Waals surface area contributed by atoms with Crippen LogP contribution in [-0.4, -0.2) is 70.0 Å². The monoisotopic (exact) mass is 544 g/mol. The highest BCUT2D eigenvalue weighted by molar-refractivity contribution is 5.94. The number of rotatable bonds is 11. The molecule has 1 aliphatic rings. The number of para-hydroxylation sites is 2. The van der Waals surface area contributed by atoms with Gasteiger partial charge in [-0.15, -0.1) is 0 Å². The summed E-state index contributed by atoms with van der Waals surface area (Å²) in [4.78, 5) is 57.0. The Labute approximate surface area is 230 Å². The van der Waals surface area contributed by atoms with E-state index in [-0.39, 0.29) is 24.8 Å². The van der Waals surface area contributed by atoms with Gasteiger partial charge in [0.2, 0.25) is 17.7 Å². The first-order chi connectivity index (χ1) is 19.4. The number of benzene rings is 2. The zero-order chi connectivity index (χ0) is 28.1. The summed E-state index contributed by atoms with van der Waals surface area (Å²) in [5.41, 5.74) is 3.39. The Hall–Kier alpha value is -4.64. The van der Waals surface area contributed by atoms with Crippen molar-refractivity contribution >= 4 is 45.5 Å². The zero-order valence-corrected chi connectivity index (χ0v) is 21.8. The van der Waals surface area contributed by atoms with Gasteiger partial charge in [0.15, 0.2) is 0 Å². The van der Waals surface area contributed by atoms with Crippen LogP contribution in [0.25, 0.3) is 21.8 Å². The van der Waals surface area contributed by atoms with Crippen molar-refractivity contribution in [2.75, 3.05) is 13.1 Å². The van der Waals surface area contributed by atoms with Crippen molar-refractivity contribution in [3.63, 3.8) is 0 Å². The summed E-state index contributed by atoms with van der Waals surface area (Å²) in [6.07, 6.45) is 5.38. The lowest BCUT2D eigenvalue weighted by Crippen LogP contribution is -2.54. The maximum atomic E-state index is 13.2. The number of hydrogen-bond acceptors (Lipinski definition) is 5. The molecule has 4 aromatic rings. The van der Waals surface area contributed by atoms with Crippen LogP contribution in [0.4, 0.5) is 0 Å². The van der Waals surface area contributed by atoms with Gasteiger partial charge in [-0.3, -0.25) is 14.4 Å². The third kappa shape index (κ3) is 6.15. The fraction of sp³-hybridized carbons (Fsp3) is 0.310. The predicted octanol–water partition coefficient (Wildman–Crippen LogP) is 1.36. The lowest BCUT2D eigenvalue weighted by molar-refractivity contribution is -0.141. The largest absolute Gasteiger partial charge is 0.480 e. The minimum Gasteiger partial charge on any atom is -0.480 e. The second-order valence-corrected chi connectivity index (χ2v) is 10.0. The molecule has 1 fully saturated rings. The van der Waals surface area contributed by atoms with Crippen LogP contribution in [0.1, 0.15) is 24.0 Å². The average molecular weight is 545 g/mol. The Morgan fingerprint density at radius 3 is 2.02 bits per heavy atom. The number of fused-ring (bicyclic) bond motifs is 2. The molecule has 2 aromatic carbocycles. The summed E-state index contributed by atoms with van der Waals surface area (Å²) in [6.45, 7) is 0.305. The molecule has 0 bridgehead atoms. The van der Waals surface area contributed by atoms with E-state index in [2.05, 4.69) is 31.2 Å². The summed E-state index contributed by atoms with van der Waals surface area (Å²) in [6, 6.07) is 12.7. The van der Waals surface area contributed by atoms with E-state index in [4.69, 9.17) is 0 Å². The number of hydrogen-bond donors (Lipinski definition) is 7. The summed E-state index contributed by atoms with van der Waals surface area (Å²) in [5, 5.41) is 22.6. The predicted molar refractivity (Wildman–Crippen MR) is 150 cm³/mol. The van der Waals surface area contributed by atoms with Gasteiger partial charge >= 0.3 is 5.97 Å². The summed E-state index contributed by atoms with van der Waals surface area (Å²) < 4.78 is 0. The molecule has 11 heteroatoms. The maximum Gasteiger partial charge on any atom is 0.326 e. The number of carboxylic acids is 1. The van der Waals surface area contributed by atoms with Crippen LogP contribution >= 0.6 is 0 Å². The van der Waals surface area contributed by atoms with Gasteiger partial charge in [-0.05, 0) is 42.6 Å². The van der Waals surface area contributed by atoms with Crippen LogP contribution in [0.2, 0.25) is 0 Å². The number of H-pyrrole nitrogens is 2. The van der Waals surface area contributed by atoms with Crippen LogP contribution in [0, 0.1) is 0 Å². The van der Waals surface area contributed by atoms with Crippen molar-refractivity contribution in [2.24, 2.45) is 0 Å². The molecule has 1 saturated heterocycles. The molecule has 3 unspecified atom stereocenters. The van der Waals surface area contributed by atoms with E-state index in [0.717, 1.165) is 45.9 Å². The second-order valence-electron chi connectivity index (χ2n) is 10.0. The van der Waals surface area contributed by atoms with Crippen molar-refractivity contribution in [3.8, 4) is 0 Å². The van der Waals surface area contributed by atoms with E-state index in [1.165, 1.54) is 0 Å². The molecular formula is C29H32N6O5. The Balaban J connectivity index is 1.23. The molecule has 0 spiro atoms. The van der Waals surface area contributed by atoms with E-state index >= 15 is 0 Å². The van der Waals surface area contributed by atoms with Crippen LogP contribution in [0.5, 0.6) is 0 Å². The number of carbonyl (C=O) groups is 4. The average Bonchev–Trinajstić information content (AvgIpc) is 3.72. The van der Waals surface area contributed by atoms with Crippen molar-refractivity contribution in [2.45, 2.75) is 43.8 Å². The number of aliphatic carboxylic acids is 1. The van der Waals surface area contributed by atoms with Gasteiger partial charge in [-0.25, -0.2) is 4.79 Å². The molecule has 3 amide bonds. The fourth-order valence-corrected chi connectivity index (χ4v) is 5.17. The van der Waals surface area contributed by atoms with Crippen LogP contribution in [0.15, 0.2) is 60.9 Å². The molecule has 7 N–H and O–H groups in total. The van der Waals surface area contributed by atoms with Gasteiger partial charge in [0.05, 0.1) is 12.6 Å². The Morgan fingerprint density at radius 2 is 1.45 bits per heavy atom. The molecule has 2 aromatic heterocycles. The number of nitrogens with one attached hydrogen (secondary N) is 6. The Kier molecular flexibility index (Phi) is 8.11. The zero-order valence-electron chi connectivity index (χ0n) is 21.8. The molecule has 40 heavy (non-hydrogen) atoms. The molecule has 0 saturated carbocycles. The van der Waals surface area contributed by atoms with Gasteiger partial charge in [0.1, 0.15) is 12.1 Å². The summed E-state index contributed by atoms with van der Waals surface area (Å²) in [5.74, 6) is -2.63. The maximum absolute atomic E-state index is 13.2. The minimum absolute atomic E-state index is 0.0761. The van der Waals surface area contributed by atoms with E-state index in [0.29, 0.717) is 6.42 Å². The second kappa shape index (κ2) is 12.0. The fourth-order valence-electron chi connectivity index (χ4n) is 5.17. The van der Waals surface area contributed by atoms with Crippen LogP contribution < -0.4 is 21.3 Å². The third-order valence-corrected chi connectivity index (χ3v) is 7.26. The normalized spacial score (nSPS) is 16.4. The van der Waals surface area contributed by atoms with Gasteiger partial charge in [0, 0.05) is 47.0 Å². The quantitative estimate of drug-likeness (QED) is 0.150. The molecule has 1 aliphatic heterocycles. The molecule has 0 radical (unpaired) electrons. The van der Waals surface area contributed by atoms with Gasteiger partial charge < -0.3 is 36.3 Å². The third-order valence-electron chi connectivity index (χ3n) is 7.26. The number of aromatic amines is 2. The van der Waals surface area contributed by atoms with Crippen molar-refractivity contribution in [1.82, 2.24) is 31.2 Å². The lowest BCUT2D eigenvalue weighted by Gasteiger charge is -2.21. The van der Waals surface area contributed by atoms with Gasteiger partial charge in [-0.2, -0.15) is 0 Å². The minimum atomic E-state index is -1.18. The van der Waals surface area contributed by atoms with E-state index in [1.807, 2.05) is 48.5 Å². The molecule has 3 atom stereocenters. The molecular weight excluding hydrogens is 512 g/mol. The van der Waals surface area contributed by atoms with E-state index in [9.17, 15) is 24.3 Å².